The molecule has 0 saturated carbocycles. The maximum atomic E-state index is 12.3. The van der Waals surface area contributed by atoms with Crippen molar-refractivity contribution >= 4 is 64.6 Å². The summed E-state index contributed by atoms with van der Waals surface area (Å²) in [6.45, 7) is -0.484. The van der Waals surface area contributed by atoms with Crippen LogP contribution in [0.5, 0.6) is 0 Å². The standard InChI is InChI=1S/C19H15F2N3O3S4/c1-29-18-23-24(19(28)31-18)13-6-2-11(3-7-13)16(26)27-10-15(25)22-12-4-8-14(9-5-12)30-17(20)21/h2-9,17H,10H2,1H3,(H,22,25). The molecule has 0 unspecified atom stereocenters. The molecule has 0 aliphatic heterocycles. The van der Waals surface area contributed by atoms with Crippen molar-refractivity contribution in [3.8, 4) is 5.69 Å². The van der Waals surface area contributed by atoms with Crippen molar-refractivity contribution in [2.24, 2.45) is 0 Å². The molecule has 2 aromatic carbocycles. The summed E-state index contributed by atoms with van der Waals surface area (Å²) in [5, 5.41) is 6.92. The van der Waals surface area contributed by atoms with Gasteiger partial charge in [-0.15, -0.1) is 5.10 Å². The van der Waals surface area contributed by atoms with Gasteiger partial charge in [0, 0.05) is 10.6 Å². The lowest BCUT2D eigenvalue weighted by atomic mass is 10.2. The highest BCUT2D eigenvalue weighted by molar-refractivity contribution is 8.00. The smallest absolute Gasteiger partial charge is 0.338 e. The van der Waals surface area contributed by atoms with Crippen molar-refractivity contribution in [3.05, 3.63) is 58.0 Å². The zero-order chi connectivity index (χ0) is 22.4. The Morgan fingerprint density at radius 1 is 1.19 bits per heavy atom. The number of carbonyl (C=O) groups excluding carboxylic acids is 2. The van der Waals surface area contributed by atoms with Gasteiger partial charge in [0.2, 0.25) is 0 Å². The summed E-state index contributed by atoms with van der Waals surface area (Å²) in [6.07, 6.45) is 1.91. The van der Waals surface area contributed by atoms with E-state index in [1.165, 1.54) is 47.4 Å². The molecule has 1 heterocycles. The average molecular weight is 500 g/mol. The van der Waals surface area contributed by atoms with E-state index in [9.17, 15) is 18.4 Å². The Bertz CT molecular complexity index is 1120. The van der Waals surface area contributed by atoms with Crippen molar-refractivity contribution in [2.75, 3.05) is 18.2 Å². The molecule has 1 N–H and O–H groups in total. The van der Waals surface area contributed by atoms with Gasteiger partial charge in [-0.3, -0.25) is 4.79 Å². The number of anilines is 1. The van der Waals surface area contributed by atoms with E-state index < -0.39 is 24.2 Å². The number of aromatic nitrogens is 2. The molecule has 0 aliphatic rings. The van der Waals surface area contributed by atoms with E-state index >= 15 is 0 Å². The third-order valence-electron chi connectivity index (χ3n) is 3.75. The topological polar surface area (TPSA) is 73.2 Å². The molecule has 0 saturated heterocycles. The Kier molecular flexibility index (Phi) is 8.18. The first-order valence-corrected chi connectivity index (χ1v) is 11.9. The molecule has 0 spiro atoms. The van der Waals surface area contributed by atoms with E-state index in [0.29, 0.717) is 32.0 Å². The number of amides is 1. The highest BCUT2D eigenvalue weighted by atomic mass is 32.2. The van der Waals surface area contributed by atoms with Gasteiger partial charge in [-0.1, -0.05) is 34.9 Å². The van der Waals surface area contributed by atoms with Crippen LogP contribution in [0.3, 0.4) is 0 Å². The Hall–Kier alpha value is -2.28. The van der Waals surface area contributed by atoms with Gasteiger partial charge in [0.15, 0.2) is 14.9 Å². The summed E-state index contributed by atoms with van der Waals surface area (Å²) in [5.74, 6) is -3.71. The first-order chi connectivity index (χ1) is 14.9. The second-order valence-corrected chi connectivity index (χ2v) is 9.56. The van der Waals surface area contributed by atoms with Crippen LogP contribution >= 0.6 is 47.1 Å². The fourth-order valence-corrected chi connectivity index (χ4v) is 4.65. The number of nitrogens with zero attached hydrogens (tertiary/aromatic N) is 2. The Morgan fingerprint density at radius 2 is 1.87 bits per heavy atom. The van der Waals surface area contributed by atoms with Gasteiger partial charge >= 0.3 is 5.97 Å². The number of carbonyl (C=O) groups is 2. The molecule has 3 aromatic rings. The Morgan fingerprint density at radius 3 is 2.45 bits per heavy atom. The molecule has 0 atom stereocenters. The number of thioether (sulfide) groups is 2. The van der Waals surface area contributed by atoms with E-state index in [4.69, 9.17) is 17.0 Å². The molecule has 0 bridgehead atoms. The van der Waals surface area contributed by atoms with Gasteiger partial charge in [-0.05, 0) is 67.0 Å². The van der Waals surface area contributed by atoms with E-state index in [0.717, 1.165) is 4.34 Å². The molecular weight excluding hydrogens is 484 g/mol. The van der Waals surface area contributed by atoms with Crippen LogP contribution in [0.2, 0.25) is 0 Å². The predicted octanol–water partition coefficient (Wildman–Crippen LogP) is 5.50. The number of hydrogen-bond donors (Lipinski definition) is 1. The minimum Gasteiger partial charge on any atom is -0.452 e. The van der Waals surface area contributed by atoms with Crippen LogP contribution in [-0.2, 0) is 9.53 Å². The predicted molar refractivity (Wildman–Crippen MR) is 121 cm³/mol. The minimum absolute atomic E-state index is 0.275. The third kappa shape index (κ3) is 6.60. The molecule has 1 amide bonds. The van der Waals surface area contributed by atoms with Crippen LogP contribution in [0.4, 0.5) is 14.5 Å². The van der Waals surface area contributed by atoms with Crippen molar-refractivity contribution in [2.45, 2.75) is 15.0 Å². The number of ether oxygens (including phenoxy) is 1. The van der Waals surface area contributed by atoms with E-state index in [2.05, 4.69) is 10.4 Å². The van der Waals surface area contributed by atoms with Gasteiger partial charge in [0.1, 0.15) is 0 Å². The van der Waals surface area contributed by atoms with Crippen molar-refractivity contribution < 1.29 is 23.1 Å². The minimum atomic E-state index is -2.51. The largest absolute Gasteiger partial charge is 0.452 e. The summed E-state index contributed by atoms with van der Waals surface area (Å²) in [4.78, 5) is 24.6. The number of nitrogens with one attached hydrogen (secondary N) is 1. The van der Waals surface area contributed by atoms with Crippen molar-refractivity contribution in [1.82, 2.24) is 9.78 Å². The number of halogens is 2. The summed E-state index contributed by atoms with van der Waals surface area (Å²) >= 11 is 8.59. The van der Waals surface area contributed by atoms with Crippen LogP contribution < -0.4 is 5.32 Å². The highest BCUT2D eigenvalue weighted by Crippen LogP contribution is 2.26. The van der Waals surface area contributed by atoms with Crippen LogP contribution in [0.25, 0.3) is 5.69 Å². The van der Waals surface area contributed by atoms with Gasteiger partial charge < -0.3 is 10.1 Å². The molecule has 0 radical (unpaired) electrons. The van der Waals surface area contributed by atoms with E-state index in [1.807, 2.05) is 6.26 Å². The SMILES string of the molecule is CSc1nn(-c2ccc(C(=O)OCC(=O)Nc3ccc(SC(F)F)cc3)cc2)c(=S)s1. The number of rotatable bonds is 8. The zero-order valence-corrected chi connectivity index (χ0v) is 19.2. The normalized spacial score (nSPS) is 10.8. The van der Waals surface area contributed by atoms with Crippen LogP contribution in [0, 0.1) is 3.95 Å². The number of hydrogen-bond acceptors (Lipinski definition) is 8. The van der Waals surface area contributed by atoms with E-state index in [1.54, 1.807) is 28.9 Å². The second kappa shape index (κ2) is 10.8. The molecule has 0 aliphatic carbocycles. The first-order valence-electron chi connectivity index (χ1n) is 8.62. The summed E-state index contributed by atoms with van der Waals surface area (Å²) in [5.41, 5.74) is 1.40. The quantitative estimate of drug-likeness (QED) is 0.249. The highest BCUT2D eigenvalue weighted by Gasteiger charge is 2.12. The maximum absolute atomic E-state index is 12.3. The van der Waals surface area contributed by atoms with Gasteiger partial charge in [-0.2, -0.15) is 8.78 Å². The van der Waals surface area contributed by atoms with Crippen LogP contribution in [0.15, 0.2) is 57.8 Å². The van der Waals surface area contributed by atoms with E-state index in [-0.39, 0.29) is 5.56 Å². The van der Waals surface area contributed by atoms with Gasteiger partial charge in [-0.25, -0.2) is 9.48 Å². The average Bonchev–Trinajstić information content (AvgIpc) is 3.14. The molecular formula is C19H15F2N3O3S4. The molecule has 3 rings (SSSR count). The maximum Gasteiger partial charge on any atom is 0.338 e. The molecule has 0 fully saturated rings. The lowest BCUT2D eigenvalue weighted by Gasteiger charge is -2.08. The lowest BCUT2D eigenvalue weighted by molar-refractivity contribution is -0.119. The zero-order valence-electron chi connectivity index (χ0n) is 15.9. The fraction of sp³-hybridized carbons (Fsp3) is 0.158. The Balaban J connectivity index is 1.53. The summed E-state index contributed by atoms with van der Waals surface area (Å²) < 4.78 is 32.7. The number of alkyl halides is 2. The number of esters is 1. The lowest BCUT2D eigenvalue weighted by Crippen LogP contribution is -2.20. The second-order valence-electron chi connectivity index (χ2n) is 5.82. The first kappa shape index (κ1) is 23.4. The summed E-state index contributed by atoms with van der Waals surface area (Å²) in [6, 6.07) is 12.4. The van der Waals surface area contributed by atoms with Crippen molar-refractivity contribution in [1.29, 1.82) is 0 Å². The van der Waals surface area contributed by atoms with Gasteiger partial charge in [0.25, 0.3) is 11.7 Å². The number of benzene rings is 2. The van der Waals surface area contributed by atoms with Crippen molar-refractivity contribution in [3.63, 3.8) is 0 Å². The summed E-state index contributed by atoms with van der Waals surface area (Å²) in [7, 11) is 0. The van der Waals surface area contributed by atoms with Crippen LogP contribution in [-0.4, -0.2) is 40.3 Å². The van der Waals surface area contributed by atoms with Gasteiger partial charge in [0.05, 0.1) is 11.3 Å². The molecule has 162 valence electrons. The molecule has 6 nitrogen and oxygen atoms in total. The molecule has 31 heavy (non-hydrogen) atoms. The third-order valence-corrected chi connectivity index (χ3v) is 6.68. The Labute approximate surface area is 194 Å². The fourth-order valence-electron chi connectivity index (χ4n) is 2.38. The molecule has 1 aromatic heterocycles. The molecule has 12 heteroatoms. The monoisotopic (exact) mass is 499 g/mol. The van der Waals surface area contributed by atoms with Crippen LogP contribution in [0.1, 0.15) is 10.4 Å².